The van der Waals surface area contributed by atoms with Crippen molar-refractivity contribution in [1.82, 2.24) is 15.0 Å². The molecule has 4 N–H and O–H groups in total. The summed E-state index contributed by atoms with van der Waals surface area (Å²) in [6, 6.07) is 12.8. The minimum absolute atomic E-state index is 0.00135. The number of aromatic nitrogens is 3. The number of rotatable bonds is 5. The van der Waals surface area contributed by atoms with Crippen LogP contribution in [0.15, 0.2) is 48.7 Å². The molecule has 5 nitrogen and oxygen atoms in total. The molecule has 32 heavy (non-hydrogen) atoms. The molecule has 3 aromatic heterocycles. The molecule has 0 radical (unpaired) electrons. The van der Waals surface area contributed by atoms with Crippen molar-refractivity contribution in [3.63, 3.8) is 0 Å². The first-order valence-electron chi connectivity index (χ1n) is 10.8. The molecule has 3 heterocycles. The summed E-state index contributed by atoms with van der Waals surface area (Å²) in [6.45, 7) is 6.14. The number of aromatic carboxylic acids is 1. The van der Waals surface area contributed by atoms with Crippen molar-refractivity contribution < 1.29 is 14.3 Å². The molecule has 0 aliphatic rings. The largest absolute Gasteiger partial charge is 0.477 e. The smallest absolute Gasteiger partial charge is 0.352 e. The first-order chi connectivity index (χ1) is 15.4. The van der Waals surface area contributed by atoms with E-state index >= 15 is 0 Å². The van der Waals surface area contributed by atoms with E-state index in [0.717, 1.165) is 39.5 Å². The minimum Gasteiger partial charge on any atom is -0.477 e. The number of hydrogen-bond donors (Lipinski definition) is 4. The Kier molecular flexibility index (Phi) is 4.66. The summed E-state index contributed by atoms with van der Waals surface area (Å²) in [5, 5.41) is 11.9. The molecule has 6 heteroatoms. The zero-order valence-corrected chi connectivity index (χ0v) is 18.1. The highest BCUT2D eigenvalue weighted by Gasteiger charge is 2.28. The molecular weight excluding hydrogens is 405 g/mol. The van der Waals surface area contributed by atoms with Crippen molar-refractivity contribution in [1.29, 1.82) is 0 Å². The summed E-state index contributed by atoms with van der Waals surface area (Å²) >= 11 is 0. The van der Waals surface area contributed by atoms with Crippen molar-refractivity contribution in [3.05, 3.63) is 71.4 Å². The molecule has 0 unspecified atom stereocenters. The number of fused-ring (bicyclic) bond motifs is 2. The predicted molar refractivity (Wildman–Crippen MR) is 126 cm³/mol. The Morgan fingerprint density at radius 2 is 1.84 bits per heavy atom. The summed E-state index contributed by atoms with van der Waals surface area (Å²) in [6.07, 6.45) is 2.61. The van der Waals surface area contributed by atoms with Gasteiger partial charge in [-0.05, 0) is 53.8 Å². The SMILES string of the molecule is CCc1cc2c(-c3c(C(=O)O)[nH]c(-c4cc(F)cc5[nH]ccc45)c3C(C)C)cccc2[nH]1. The zero-order valence-electron chi connectivity index (χ0n) is 18.1. The standard InChI is InChI=1S/C26H24FN3O2/c1-4-15-12-18-17(6-5-7-20(18)29-15)23-22(13(2)3)24(30-25(23)26(31)32)19-10-14(27)11-21-16(19)8-9-28-21/h5-13,28-30H,4H2,1-3H3,(H,31,32). The van der Waals surface area contributed by atoms with Gasteiger partial charge in [-0.2, -0.15) is 0 Å². The molecule has 0 amide bonds. The van der Waals surface area contributed by atoms with Crippen molar-refractivity contribution in [3.8, 4) is 22.4 Å². The lowest BCUT2D eigenvalue weighted by molar-refractivity contribution is 0.0692. The van der Waals surface area contributed by atoms with Gasteiger partial charge in [-0.1, -0.05) is 32.9 Å². The molecule has 5 aromatic rings. The van der Waals surface area contributed by atoms with Crippen LogP contribution in [-0.2, 0) is 6.42 Å². The molecule has 0 spiro atoms. The summed E-state index contributed by atoms with van der Waals surface area (Å²) < 4.78 is 14.5. The second kappa shape index (κ2) is 7.41. The van der Waals surface area contributed by atoms with Gasteiger partial charge in [-0.25, -0.2) is 9.18 Å². The second-order valence-corrected chi connectivity index (χ2v) is 8.43. The Balaban J connectivity index is 1.89. The number of carboxylic acid groups (broad SMARTS) is 1. The van der Waals surface area contributed by atoms with Gasteiger partial charge in [0.2, 0.25) is 0 Å². The van der Waals surface area contributed by atoms with E-state index in [1.807, 2.05) is 38.1 Å². The quantitative estimate of drug-likeness (QED) is 0.247. The monoisotopic (exact) mass is 429 g/mol. The molecule has 0 fully saturated rings. The molecule has 0 aliphatic heterocycles. The van der Waals surface area contributed by atoms with Crippen molar-refractivity contribution in [2.75, 3.05) is 0 Å². The summed E-state index contributed by atoms with van der Waals surface area (Å²) in [7, 11) is 0. The predicted octanol–water partition coefficient (Wildman–Crippen LogP) is 6.83. The zero-order chi connectivity index (χ0) is 22.6. The van der Waals surface area contributed by atoms with Gasteiger partial charge in [0, 0.05) is 44.8 Å². The molecule has 0 atom stereocenters. The van der Waals surface area contributed by atoms with Gasteiger partial charge >= 0.3 is 5.97 Å². The second-order valence-electron chi connectivity index (χ2n) is 8.43. The Morgan fingerprint density at radius 3 is 2.56 bits per heavy atom. The van der Waals surface area contributed by atoms with E-state index in [9.17, 15) is 14.3 Å². The molecule has 2 aromatic carbocycles. The van der Waals surface area contributed by atoms with Gasteiger partial charge in [0.15, 0.2) is 0 Å². The Morgan fingerprint density at radius 1 is 1.03 bits per heavy atom. The molecule has 5 rings (SSSR count). The van der Waals surface area contributed by atoms with Crippen LogP contribution in [0.1, 0.15) is 48.4 Å². The van der Waals surface area contributed by atoms with E-state index in [1.54, 1.807) is 6.20 Å². The number of carbonyl (C=O) groups is 1. The lowest BCUT2D eigenvalue weighted by atomic mass is 9.89. The minimum atomic E-state index is -1.04. The topological polar surface area (TPSA) is 84.7 Å². The number of hydrogen-bond acceptors (Lipinski definition) is 1. The van der Waals surface area contributed by atoms with Crippen LogP contribution in [0.5, 0.6) is 0 Å². The van der Waals surface area contributed by atoms with Crippen LogP contribution >= 0.6 is 0 Å². The van der Waals surface area contributed by atoms with Crippen molar-refractivity contribution in [2.24, 2.45) is 0 Å². The van der Waals surface area contributed by atoms with Gasteiger partial charge in [-0.3, -0.25) is 0 Å². The van der Waals surface area contributed by atoms with E-state index in [4.69, 9.17) is 0 Å². The number of aromatic amines is 3. The highest BCUT2D eigenvalue weighted by molar-refractivity contribution is 6.07. The number of carboxylic acids is 1. The fourth-order valence-corrected chi connectivity index (χ4v) is 4.70. The van der Waals surface area contributed by atoms with Gasteiger partial charge < -0.3 is 20.1 Å². The fraction of sp³-hybridized carbons (Fsp3) is 0.192. The molecular formula is C26H24FN3O2. The molecule has 162 valence electrons. The first-order valence-corrected chi connectivity index (χ1v) is 10.8. The van der Waals surface area contributed by atoms with Crippen LogP contribution in [-0.4, -0.2) is 26.0 Å². The van der Waals surface area contributed by atoms with Gasteiger partial charge in [0.05, 0.1) is 5.69 Å². The number of H-pyrrole nitrogens is 3. The highest BCUT2D eigenvalue weighted by Crippen LogP contribution is 2.44. The summed E-state index contributed by atoms with van der Waals surface area (Å²) in [5.74, 6) is -1.42. The summed E-state index contributed by atoms with van der Waals surface area (Å²) in [4.78, 5) is 22.0. The Hall–Kier alpha value is -3.80. The van der Waals surface area contributed by atoms with Gasteiger partial charge in [-0.15, -0.1) is 0 Å². The maximum atomic E-state index is 14.5. The lowest BCUT2D eigenvalue weighted by Gasteiger charge is -2.13. The van der Waals surface area contributed by atoms with Crippen LogP contribution in [0.3, 0.4) is 0 Å². The van der Waals surface area contributed by atoms with Crippen LogP contribution in [0.25, 0.3) is 44.2 Å². The normalized spacial score (nSPS) is 11.8. The number of benzene rings is 2. The third kappa shape index (κ3) is 3.02. The Labute approximate surface area is 184 Å². The molecule has 0 bridgehead atoms. The molecule has 0 saturated carbocycles. The van der Waals surface area contributed by atoms with Crippen molar-refractivity contribution >= 4 is 27.8 Å². The average molecular weight is 429 g/mol. The van der Waals surface area contributed by atoms with E-state index in [0.29, 0.717) is 22.3 Å². The van der Waals surface area contributed by atoms with Crippen LogP contribution in [0.4, 0.5) is 4.39 Å². The number of nitrogens with one attached hydrogen (secondary N) is 3. The maximum Gasteiger partial charge on any atom is 0.352 e. The van der Waals surface area contributed by atoms with Crippen LogP contribution in [0.2, 0.25) is 0 Å². The Bertz CT molecular complexity index is 1490. The van der Waals surface area contributed by atoms with Crippen molar-refractivity contribution in [2.45, 2.75) is 33.1 Å². The third-order valence-corrected chi connectivity index (χ3v) is 6.10. The van der Waals surface area contributed by atoms with Gasteiger partial charge in [0.1, 0.15) is 11.5 Å². The van der Waals surface area contributed by atoms with E-state index in [2.05, 4.69) is 27.9 Å². The third-order valence-electron chi connectivity index (χ3n) is 6.10. The van der Waals surface area contributed by atoms with E-state index in [1.165, 1.54) is 12.1 Å². The van der Waals surface area contributed by atoms with Crippen LogP contribution in [0, 0.1) is 5.82 Å². The fourth-order valence-electron chi connectivity index (χ4n) is 4.70. The average Bonchev–Trinajstić information content (AvgIpc) is 3.48. The van der Waals surface area contributed by atoms with E-state index in [-0.39, 0.29) is 17.4 Å². The van der Waals surface area contributed by atoms with Gasteiger partial charge in [0.25, 0.3) is 0 Å². The van der Waals surface area contributed by atoms with E-state index < -0.39 is 5.97 Å². The summed E-state index contributed by atoms with van der Waals surface area (Å²) in [5.41, 5.74) is 6.49. The number of aryl methyl sites for hydroxylation is 1. The van der Waals surface area contributed by atoms with Crippen LogP contribution < -0.4 is 0 Å². The lowest BCUT2D eigenvalue weighted by Crippen LogP contribution is -2.00. The number of halogens is 1. The highest BCUT2D eigenvalue weighted by atomic mass is 19.1. The first kappa shape index (κ1) is 20.1. The maximum absolute atomic E-state index is 14.5. The molecule has 0 saturated heterocycles. The molecule has 0 aliphatic carbocycles.